The standard InChI is InChI=1S/C30H41F2N3O3/c1-4-38-17-30-14-13-28(2,37)15-18(30)5-6-19-20-7-8-22(29(20,3)12-11-21(19)30)25(36)16-35-33-24-10-9-23(31)26(32)27(24)34-35/h9-10,18-22,37H,4-8,11-17H2,1-3H3/t18-,19?,20-,21-,22+,28+,29-,30+/m0/s1. The molecule has 38 heavy (non-hydrogen) atoms. The number of ether oxygens (including phenoxy) is 1. The molecule has 208 valence electrons. The molecular formula is C30H41F2N3O3. The first-order chi connectivity index (χ1) is 18.1. The maximum Gasteiger partial charge on any atom is 0.188 e. The summed E-state index contributed by atoms with van der Waals surface area (Å²) in [4.78, 5) is 14.9. The molecule has 2 aromatic rings. The van der Waals surface area contributed by atoms with Crippen molar-refractivity contribution in [1.29, 1.82) is 0 Å². The monoisotopic (exact) mass is 529 g/mol. The van der Waals surface area contributed by atoms with E-state index in [0.29, 0.717) is 30.3 Å². The first-order valence-corrected chi connectivity index (χ1v) is 14.6. The Balaban J connectivity index is 1.22. The van der Waals surface area contributed by atoms with E-state index < -0.39 is 17.2 Å². The molecule has 4 fully saturated rings. The number of benzene rings is 1. The number of carbonyl (C=O) groups is 1. The molecule has 4 aliphatic rings. The van der Waals surface area contributed by atoms with Crippen LogP contribution < -0.4 is 0 Å². The zero-order valence-electron chi connectivity index (χ0n) is 22.9. The normalized spacial score (nSPS) is 40.5. The van der Waals surface area contributed by atoms with Gasteiger partial charge >= 0.3 is 0 Å². The van der Waals surface area contributed by atoms with Crippen molar-refractivity contribution in [3.8, 4) is 0 Å². The summed E-state index contributed by atoms with van der Waals surface area (Å²) in [5.74, 6) is 0.185. The second kappa shape index (κ2) is 9.33. The minimum Gasteiger partial charge on any atom is -0.390 e. The molecule has 0 bridgehead atoms. The summed E-state index contributed by atoms with van der Waals surface area (Å²) in [7, 11) is 0. The van der Waals surface area contributed by atoms with E-state index in [9.17, 15) is 18.7 Å². The van der Waals surface area contributed by atoms with Crippen LogP contribution in [-0.2, 0) is 16.1 Å². The third-order valence-corrected chi connectivity index (χ3v) is 11.4. The molecule has 4 saturated carbocycles. The molecule has 1 aromatic carbocycles. The number of hydrogen-bond acceptors (Lipinski definition) is 5. The predicted octanol–water partition coefficient (Wildman–Crippen LogP) is 5.71. The summed E-state index contributed by atoms with van der Waals surface area (Å²) in [5, 5.41) is 19.3. The van der Waals surface area contributed by atoms with E-state index in [1.165, 1.54) is 10.9 Å². The maximum absolute atomic E-state index is 14.2. The van der Waals surface area contributed by atoms with Crippen molar-refractivity contribution in [1.82, 2.24) is 15.0 Å². The summed E-state index contributed by atoms with van der Waals surface area (Å²) in [6.07, 6.45) is 9.04. The van der Waals surface area contributed by atoms with Crippen molar-refractivity contribution in [2.75, 3.05) is 13.2 Å². The molecule has 0 radical (unpaired) electrons. The fourth-order valence-corrected chi connectivity index (χ4v) is 9.62. The summed E-state index contributed by atoms with van der Waals surface area (Å²) >= 11 is 0. The number of rotatable bonds is 6. The first-order valence-electron chi connectivity index (χ1n) is 14.6. The SMILES string of the molecule is CCOC[C@]12CC[C@@](C)(O)C[C@@H]1CCC1[C@@H]3CC[C@H](C(=O)Cn4nc5ccc(F)c(F)c5n4)[C@@]3(C)CC[C@@H]12. The Morgan fingerprint density at radius 2 is 1.89 bits per heavy atom. The molecule has 6 rings (SSSR count). The van der Waals surface area contributed by atoms with E-state index in [1.807, 2.05) is 6.92 Å². The van der Waals surface area contributed by atoms with Crippen molar-refractivity contribution in [3.05, 3.63) is 23.8 Å². The average Bonchev–Trinajstić information content (AvgIpc) is 3.45. The van der Waals surface area contributed by atoms with E-state index in [0.717, 1.165) is 70.5 Å². The van der Waals surface area contributed by atoms with Crippen molar-refractivity contribution >= 4 is 16.8 Å². The van der Waals surface area contributed by atoms with Crippen LogP contribution in [0.25, 0.3) is 11.0 Å². The highest BCUT2D eigenvalue weighted by Gasteiger charge is 2.63. The third kappa shape index (κ3) is 4.04. The topological polar surface area (TPSA) is 77.2 Å². The lowest BCUT2D eigenvalue weighted by Crippen LogP contribution is -2.58. The van der Waals surface area contributed by atoms with E-state index >= 15 is 0 Å². The van der Waals surface area contributed by atoms with Gasteiger partial charge in [0, 0.05) is 12.5 Å². The van der Waals surface area contributed by atoms with Gasteiger partial charge in [0.15, 0.2) is 22.9 Å². The summed E-state index contributed by atoms with van der Waals surface area (Å²) in [6, 6.07) is 2.44. The number of hydrogen-bond donors (Lipinski definition) is 1. The highest BCUT2D eigenvalue weighted by Crippen LogP contribution is 2.68. The number of carbonyl (C=O) groups excluding carboxylic acids is 1. The second-order valence-corrected chi connectivity index (χ2v) is 13.3. The highest BCUT2D eigenvalue weighted by atomic mass is 19.2. The molecule has 1 heterocycles. The largest absolute Gasteiger partial charge is 0.390 e. The van der Waals surface area contributed by atoms with Gasteiger partial charge in [0.1, 0.15) is 12.1 Å². The van der Waals surface area contributed by atoms with Crippen LogP contribution in [0.5, 0.6) is 0 Å². The summed E-state index contributed by atoms with van der Waals surface area (Å²) in [6.45, 7) is 7.87. The minimum absolute atomic E-state index is 0.0117. The van der Waals surface area contributed by atoms with Crippen molar-refractivity contribution < 1.29 is 23.4 Å². The van der Waals surface area contributed by atoms with Crippen molar-refractivity contribution in [2.24, 2.45) is 40.4 Å². The molecular weight excluding hydrogens is 488 g/mol. The Labute approximate surface area is 223 Å². The average molecular weight is 530 g/mol. The number of halogens is 2. The molecule has 4 aliphatic carbocycles. The highest BCUT2D eigenvalue weighted by molar-refractivity contribution is 5.82. The van der Waals surface area contributed by atoms with Crippen LogP contribution in [0.15, 0.2) is 12.1 Å². The van der Waals surface area contributed by atoms with E-state index in [-0.39, 0.29) is 40.1 Å². The summed E-state index contributed by atoms with van der Waals surface area (Å²) < 4.78 is 33.9. The number of Topliss-reactive ketones (excluding diaryl/α,β-unsaturated/α-hetero) is 1. The van der Waals surface area contributed by atoms with Crippen LogP contribution in [0.1, 0.15) is 78.6 Å². The number of nitrogens with zero attached hydrogens (tertiary/aromatic N) is 3. The molecule has 1 aromatic heterocycles. The molecule has 1 N–H and O–H groups in total. The van der Waals surface area contributed by atoms with E-state index in [4.69, 9.17) is 4.74 Å². The molecule has 1 unspecified atom stereocenters. The Morgan fingerprint density at radius 1 is 1.08 bits per heavy atom. The van der Waals surface area contributed by atoms with Gasteiger partial charge in [-0.1, -0.05) is 6.92 Å². The fourth-order valence-electron chi connectivity index (χ4n) is 9.62. The van der Waals surface area contributed by atoms with Gasteiger partial charge in [-0.3, -0.25) is 4.79 Å². The van der Waals surface area contributed by atoms with Crippen molar-refractivity contribution in [2.45, 2.75) is 90.7 Å². The number of aliphatic hydroxyl groups is 1. The van der Waals surface area contributed by atoms with Gasteiger partial charge in [-0.25, -0.2) is 8.78 Å². The smallest absolute Gasteiger partial charge is 0.188 e. The Hall–Kier alpha value is -1.93. The third-order valence-electron chi connectivity index (χ3n) is 11.4. The lowest BCUT2D eigenvalue weighted by Gasteiger charge is -2.62. The van der Waals surface area contributed by atoms with Gasteiger partial charge in [-0.05, 0) is 118 Å². The second-order valence-electron chi connectivity index (χ2n) is 13.3. The van der Waals surface area contributed by atoms with Crippen LogP contribution in [0.4, 0.5) is 8.78 Å². The van der Waals surface area contributed by atoms with Gasteiger partial charge in [0.25, 0.3) is 0 Å². The van der Waals surface area contributed by atoms with E-state index in [1.54, 1.807) is 0 Å². The zero-order valence-corrected chi connectivity index (χ0v) is 22.9. The maximum atomic E-state index is 14.2. The fraction of sp³-hybridized carbons (Fsp3) is 0.767. The van der Waals surface area contributed by atoms with Crippen LogP contribution in [0.2, 0.25) is 0 Å². The lowest BCUT2D eigenvalue weighted by molar-refractivity contribution is -0.178. The van der Waals surface area contributed by atoms with E-state index in [2.05, 4.69) is 24.0 Å². The van der Waals surface area contributed by atoms with Gasteiger partial charge < -0.3 is 9.84 Å². The molecule has 8 atom stereocenters. The molecule has 0 aliphatic heterocycles. The Bertz CT molecular complexity index is 1230. The molecule has 0 spiro atoms. The van der Waals surface area contributed by atoms with Crippen LogP contribution in [-0.4, -0.2) is 44.7 Å². The molecule has 8 heteroatoms. The number of fused-ring (bicyclic) bond motifs is 6. The van der Waals surface area contributed by atoms with Gasteiger partial charge in [-0.15, -0.1) is 5.10 Å². The summed E-state index contributed by atoms with van der Waals surface area (Å²) in [5.41, 5.74) is -0.390. The quantitative estimate of drug-likeness (QED) is 0.519. The van der Waals surface area contributed by atoms with Gasteiger partial charge in [0.05, 0.1) is 12.2 Å². The first kappa shape index (κ1) is 26.3. The van der Waals surface area contributed by atoms with Crippen molar-refractivity contribution in [3.63, 3.8) is 0 Å². The molecule has 6 nitrogen and oxygen atoms in total. The van der Waals surface area contributed by atoms with Crippen LogP contribution in [0, 0.1) is 52.1 Å². The zero-order chi connectivity index (χ0) is 26.9. The minimum atomic E-state index is -1.02. The van der Waals surface area contributed by atoms with Gasteiger partial charge in [0.2, 0.25) is 0 Å². The Morgan fingerprint density at radius 3 is 2.68 bits per heavy atom. The van der Waals surface area contributed by atoms with Crippen LogP contribution >= 0.6 is 0 Å². The number of ketones is 1. The Kier molecular flexibility index (Phi) is 6.45. The lowest BCUT2D eigenvalue weighted by atomic mass is 9.43. The number of aromatic nitrogens is 3. The molecule has 0 amide bonds. The van der Waals surface area contributed by atoms with Crippen LogP contribution in [0.3, 0.4) is 0 Å². The predicted molar refractivity (Wildman–Crippen MR) is 139 cm³/mol. The van der Waals surface area contributed by atoms with Gasteiger partial charge in [-0.2, -0.15) is 9.90 Å². The molecule has 0 saturated heterocycles.